The summed E-state index contributed by atoms with van der Waals surface area (Å²) in [5.74, 6) is 0.424. The summed E-state index contributed by atoms with van der Waals surface area (Å²) in [5.41, 5.74) is 11.5. The number of nitrogens with two attached hydrogens (primary N) is 1. The van der Waals surface area contributed by atoms with Gasteiger partial charge >= 0.3 is 0 Å². The van der Waals surface area contributed by atoms with Gasteiger partial charge < -0.3 is 26.0 Å². The number of aliphatic hydroxyl groups is 2. The molecule has 1 amide bonds. The van der Waals surface area contributed by atoms with Crippen LogP contribution in [0.3, 0.4) is 0 Å². The van der Waals surface area contributed by atoms with Crippen molar-refractivity contribution in [2.75, 3.05) is 12.3 Å². The Kier molecular flexibility index (Phi) is 8.07. The Morgan fingerprint density at radius 1 is 1.07 bits per heavy atom. The highest BCUT2D eigenvalue weighted by Crippen LogP contribution is 2.45. The number of carbonyl (C=O) groups excluding carboxylic acids is 1. The van der Waals surface area contributed by atoms with E-state index in [4.69, 9.17) is 10.7 Å². The molecule has 0 saturated carbocycles. The number of anilines is 1. The Morgan fingerprint density at radius 2 is 1.77 bits per heavy atom. The Bertz CT molecular complexity index is 1530. The van der Waals surface area contributed by atoms with Crippen molar-refractivity contribution < 1.29 is 20.1 Å². The first-order valence-corrected chi connectivity index (χ1v) is 14.3. The van der Waals surface area contributed by atoms with E-state index in [1.807, 2.05) is 30.9 Å². The number of phenols is 1. The SMILES string of the molecule is CC.Nc1c(Br)c(C2CC3CCC(C2)N3C(=O)CO)nc2c(-c3ccc(-c4ccc(O)c(CO)c4)nc3)cnn12. The summed E-state index contributed by atoms with van der Waals surface area (Å²) in [5, 5.41) is 33.2. The van der Waals surface area contributed by atoms with Crippen LogP contribution < -0.4 is 5.73 Å². The van der Waals surface area contributed by atoms with E-state index < -0.39 is 6.61 Å². The second-order valence-electron chi connectivity index (χ2n) is 9.94. The molecule has 2 atom stereocenters. The van der Waals surface area contributed by atoms with Crippen LogP contribution in [0.2, 0.25) is 0 Å². The summed E-state index contributed by atoms with van der Waals surface area (Å²) in [6, 6.07) is 9.01. The number of hydrogen-bond acceptors (Lipinski definition) is 8. The first-order chi connectivity index (χ1) is 19.4. The summed E-state index contributed by atoms with van der Waals surface area (Å²) in [6.45, 7) is 3.28. The summed E-state index contributed by atoms with van der Waals surface area (Å²) in [6.07, 6.45) is 6.87. The fraction of sp³-hybridized carbons (Fsp3) is 0.379. The van der Waals surface area contributed by atoms with Crippen LogP contribution in [-0.4, -0.2) is 64.4 Å². The number of piperidine rings is 1. The number of aromatic hydroxyl groups is 1. The number of nitrogens with zero attached hydrogens (tertiary/aromatic N) is 5. The van der Waals surface area contributed by atoms with Crippen molar-refractivity contribution in [3.05, 3.63) is 58.5 Å². The van der Waals surface area contributed by atoms with E-state index in [1.165, 1.54) is 0 Å². The van der Waals surface area contributed by atoms with Gasteiger partial charge in [0.05, 0.1) is 28.7 Å². The molecule has 0 spiro atoms. The maximum absolute atomic E-state index is 12.3. The predicted octanol–water partition coefficient (Wildman–Crippen LogP) is 4.26. The fourth-order valence-electron chi connectivity index (χ4n) is 5.97. The Balaban J connectivity index is 0.00000158. The van der Waals surface area contributed by atoms with E-state index in [9.17, 15) is 20.1 Å². The number of pyridine rings is 1. The lowest BCUT2D eigenvalue weighted by Crippen LogP contribution is -2.47. The largest absolute Gasteiger partial charge is 0.508 e. The molecule has 2 saturated heterocycles. The quantitative estimate of drug-likeness (QED) is 0.262. The topological polar surface area (TPSA) is 150 Å². The highest BCUT2D eigenvalue weighted by atomic mass is 79.9. The van der Waals surface area contributed by atoms with Gasteiger partial charge in [-0.2, -0.15) is 9.61 Å². The van der Waals surface area contributed by atoms with Gasteiger partial charge in [0.2, 0.25) is 5.91 Å². The average molecular weight is 610 g/mol. The molecule has 5 heterocycles. The van der Waals surface area contributed by atoms with Gasteiger partial charge in [0.25, 0.3) is 0 Å². The van der Waals surface area contributed by atoms with Gasteiger partial charge in [-0.05, 0) is 65.9 Å². The zero-order valence-electron chi connectivity index (χ0n) is 22.5. The number of rotatable bonds is 5. The third-order valence-corrected chi connectivity index (χ3v) is 8.62. The molecule has 6 rings (SSSR count). The molecule has 2 aliphatic heterocycles. The monoisotopic (exact) mass is 608 g/mol. The minimum atomic E-state index is -0.458. The van der Waals surface area contributed by atoms with Crippen LogP contribution in [0.15, 0.2) is 47.2 Å². The van der Waals surface area contributed by atoms with Gasteiger partial charge in [-0.3, -0.25) is 9.78 Å². The van der Waals surface area contributed by atoms with Gasteiger partial charge in [-0.15, -0.1) is 0 Å². The van der Waals surface area contributed by atoms with Crippen molar-refractivity contribution in [2.45, 2.75) is 64.1 Å². The second kappa shape index (κ2) is 11.5. The maximum Gasteiger partial charge on any atom is 0.248 e. The standard InChI is InChI=1S/C27H27BrN6O4.C2H6/c28-24-25(16-8-18-3-4-19(9-16)33(18)23(38)13-36)32-27-20(11-31-34(27)26(24)29)15-1-5-21(30-10-15)14-2-6-22(37)17(7-14)12-35;1-2/h1-2,5-7,10-11,16,18-19,35-37H,3-4,8-9,12-13,29H2;1-2H3. The van der Waals surface area contributed by atoms with Crippen LogP contribution in [0.1, 0.15) is 56.7 Å². The minimum absolute atomic E-state index is 0.0449. The normalized spacial score (nSPS) is 19.9. The third kappa shape index (κ3) is 4.82. The molecule has 40 heavy (non-hydrogen) atoms. The second-order valence-corrected chi connectivity index (χ2v) is 10.7. The smallest absolute Gasteiger partial charge is 0.248 e. The number of amides is 1. The molecule has 11 heteroatoms. The van der Waals surface area contributed by atoms with Crippen LogP contribution in [0.4, 0.5) is 5.82 Å². The lowest BCUT2D eigenvalue weighted by atomic mass is 9.87. The van der Waals surface area contributed by atoms with Gasteiger partial charge in [0.1, 0.15) is 18.2 Å². The van der Waals surface area contributed by atoms with Crippen LogP contribution in [0.25, 0.3) is 28.0 Å². The zero-order valence-corrected chi connectivity index (χ0v) is 24.0. The molecule has 210 valence electrons. The molecule has 2 unspecified atom stereocenters. The summed E-state index contributed by atoms with van der Waals surface area (Å²) in [7, 11) is 0. The molecule has 2 bridgehead atoms. The first kappa shape index (κ1) is 28.0. The van der Waals surface area contributed by atoms with E-state index >= 15 is 0 Å². The van der Waals surface area contributed by atoms with Gasteiger partial charge in [0, 0.05) is 46.5 Å². The molecule has 0 aliphatic carbocycles. The fourth-order valence-corrected chi connectivity index (χ4v) is 6.55. The summed E-state index contributed by atoms with van der Waals surface area (Å²) < 4.78 is 2.33. The van der Waals surface area contributed by atoms with Crippen LogP contribution in [0.5, 0.6) is 5.75 Å². The number of nitrogen functional groups attached to an aromatic ring is 1. The number of benzene rings is 1. The first-order valence-electron chi connectivity index (χ1n) is 13.5. The Morgan fingerprint density at radius 3 is 2.40 bits per heavy atom. The third-order valence-electron chi connectivity index (χ3n) is 7.81. The Labute approximate surface area is 240 Å². The molecule has 2 fully saturated rings. The van der Waals surface area contributed by atoms with Crippen molar-refractivity contribution in [1.29, 1.82) is 0 Å². The Hall–Kier alpha value is -3.54. The molecule has 4 aromatic rings. The zero-order chi connectivity index (χ0) is 28.6. The molecular weight excluding hydrogens is 576 g/mol. The maximum atomic E-state index is 12.3. The lowest BCUT2D eigenvalue weighted by molar-refractivity contribution is -0.138. The van der Waals surface area contributed by atoms with Crippen LogP contribution >= 0.6 is 15.9 Å². The van der Waals surface area contributed by atoms with Crippen molar-refractivity contribution in [3.63, 3.8) is 0 Å². The number of fused-ring (bicyclic) bond motifs is 3. The van der Waals surface area contributed by atoms with Crippen LogP contribution in [-0.2, 0) is 11.4 Å². The molecular formula is C29H33BrN6O4. The van der Waals surface area contributed by atoms with E-state index in [1.54, 1.807) is 35.1 Å². The highest BCUT2D eigenvalue weighted by molar-refractivity contribution is 9.10. The van der Waals surface area contributed by atoms with E-state index in [2.05, 4.69) is 26.0 Å². The number of aliphatic hydroxyl groups excluding tert-OH is 2. The molecule has 10 nitrogen and oxygen atoms in total. The molecule has 5 N–H and O–H groups in total. The molecule has 1 aromatic carbocycles. The van der Waals surface area contributed by atoms with Crippen LogP contribution in [0, 0.1) is 0 Å². The van der Waals surface area contributed by atoms with Crippen molar-refractivity contribution in [1.82, 2.24) is 24.5 Å². The van der Waals surface area contributed by atoms with Crippen molar-refractivity contribution in [3.8, 4) is 28.1 Å². The van der Waals surface area contributed by atoms with Gasteiger partial charge in [0.15, 0.2) is 5.65 Å². The van der Waals surface area contributed by atoms with Crippen molar-refractivity contribution >= 4 is 33.3 Å². The summed E-state index contributed by atoms with van der Waals surface area (Å²) in [4.78, 5) is 23.8. The van der Waals surface area contributed by atoms with Gasteiger partial charge in [-0.1, -0.05) is 19.9 Å². The molecule has 0 radical (unpaired) electrons. The van der Waals surface area contributed by atoms with Gasteiger partial charge in [-0.25, -0.2) is 4.98 Å². The molecule has 3 aromatic heterocycles. The number of hydrogen-bond donors (Lipinski definition) is 4. The minimum Gasteiger partial charge on any atom is -0.508 e. The number of aromatic nitrogens is 4. The lowest BCUT2D eigenvalue weighted by Gasteiger charge is -2.38. The van der Waals surface area contributed by atoms with E-state index in [-0.39, 0.29) is 36.3 Å². The summed E-state index contributed by atoms with van der Waals surface area (Å²) >= 11 is 3.66. The van der Waals surface area contributed by atoms with E-state index in [0.29, 0.717) is 27.2 Å². The average Bonchev–Trinajstić information content (AvgIpc) is 3.53. The number of halogens is 1. The number of carbonyl (C=O) groups is 1. The predicted molar refractivity (Wildman–Crippen MR) is 155 cm³/mol. The highest BCUT2D eigenvalue weighted by Gasteiger charge is 2.44. The molecule has 2 aliphatic rings. The van der Waals surface area contributed by atoms with Crippen molar-refractivity contribution in [2.24, 2.45) is 0 Å². The van der Waals surface area contributed by atoms with E-state index in [0.717, 1.165) is 48.1 Å².